The normalized spacial score (nSPS) is 18.6. The molecule has 0 unspecified atom stereocenters. The van der Waals surface area contributed by atoms with Crippen molar-refractivity contribution in [3.8, 4) is 5.75 Å². The van der Waals surface area contributed by atoms with Crippen LogP contribution in [0.15, 0.2) is 24.3 Å². The molecule has 1 aromatic carbocycles. The van der Waals surface area contributed by atoms with E-state index in [0.717, 1.165) is 49.8 Å². The number of carbonyl (C=O) groups excluding carboxylic acids is 2. The highest BCUT2D eigenvalue weighted by atomic mass is 35.5. The molecule has 2 fully saturated rings. The predicted molar refractivity (Wildman–Crippen MR) is 96.7 cm³/mol. The molecule has 3 rings (SSSR count). The Morgan fingerprint density at radius 2 is 1.84 bits per heavy atom. The zero-order valence-electron chi connectivity index (χ0n) is 14.5. The number of methoxy groups -OCH3 is 1. The van der Waals surface area contributed by atoms with Gasteiger partial charge in [0, 0.05) is 12.1 Å². The largest absolute Gasteiger partial charge is 0.497 e. The number of alkyl halides is 1. The molecular formula is C19H25ClN2O3. The van der Waals surface area contributed by atoms with Gasteiger partial charge in [0.1, 0.15) is 17.7 Å². The Labute approximate surface area is 153 Å². The topological polar surface area (TPSA) is 58.6 Å². The first-order valence-electron chi connectivity index (χ1n) is 8.95. The average molecular weight is 365 g/mol. The molecule has 1 N–H and O–H groups in total. The van der Waals surface area contributed by atoms with Crippen molar-refractivity contribution in [1.82, 2.24) is 10.2 Å². The molecule has 0 spiro atoms. The lowest BCUT2D eigenvalue weighted by molar-refractivity contribution is -0.140. The van der Waals surface area contributed by atoms with Gasteiger partial charge in [0.2, 0.25) is 11.8 Å². The van der Waals surface area contributed by atoms with Crippen molar-refractivity contribution in [2.24, 2.45) is 0 Å². The summed E-state index contributed by atoms with van der Waals surface area (Å²) < 4.78 is 5.20. The van der Waals surface area contributed by atoms with Crippen LogP contribution in [-0.2, 0) is 9.59 Å². The molecule has 2 amide bonds. The number of benzene rings is 1. The predicted octanol–water partition coefficient (Wildman–Crippen LogP) is 3.02. The summed E-state index contributed by atoms with van der Waals surface area (Å²) in [6.45, 7) is 0. The van der Waals surface area contributed by atoms with Gasteiger partial charge in [0.25, 0.3) is 0 Å². The van der Waals surface area contributed by atoms with Crippen molar-refractivity contribution >= 4 is 23.4 Å². The summed E-state index contributed by atoms with van der Waals surface area (Å²) in [7, 11) is 1.60. The maximum absolute atomic E-state index is 13.1. The number of halogens is 1. The van der Waals surface area contributed by atoms with Crippen LogP contribution in [0.1, 0.15) is 50.1 Å². The number of amides is 2. The maximum atomic E-state index is 13.1. The number of nitrogens with zero attached hydrogens (tertiary/aromatic N) is 1. The second-order valence-corrected chi connectivity index (χ2v) is 7.10. The fourth-order valence-corrected chi connectivity index (χ4v) is 3.69. The van der Waals surface area contributed by atoms with Gasteiger partial charge in [0.05, 0.1) is 7.11 Å². The molecule has 0 saturated heterocycles. The smallest absolute Gasteiger partial charge is 0.247 e. The van der Waals surface area contributed by atoms with E-state index in [1.165, 1.54) is 0 Å². The summed E-state index contributed by atoms with van der Waals surface area (Å²) in [5, 5.41) is 3.14. The molecule has 25 heavy (non-hydrogen) atoms. The summed E-state index contributed by atoms with van der Waals surface area (Å²) in [6, 6.07) is 7.03. The minimum absolute atomic E-state index is 0.104. The van der Waals surface area contributed by atoms with Crippen LogP contribution in [0.2, 0.25) is 0 Å². The van der Waals surface area contributed by atoms with E-state index in [4.69, 9.17) is 16.3 Å². The zero-order valence-corrected chi connectivity index (χ0v) is 15.3. The minimum Gasteiger partial charge on any atom is -0.497 e. The zero-order chi connectivity index (χ0) is 17.8. The van der Waals surface area contributed by atoms with Gasteiger partial charge in [-0.05, 0) is 43.4 Å². The van der Waals surface area contributed by atoms with Gasteiger partial charge < -0.3 is 15.0 Å². The second-order valence-electron chi connectivity index (χ2n) is 6.83. The molecule has 0 radical (unpaired) electrons. The molecule has 0 aromatic heterocycles. The summed E-state index contributed by atoms with van der Waals surface area (Å²) in [4.78, 5) is 27.2. The number of rotatable bonds is 7. The molecule has 0 heterocycles. The third kappa shape index (κ3) is 4.27. The Bertz CT molecular complexity index is 610. The van der Waals surface area contributed by atoms with Gasteiger partial charge in [-0.3, -0.25) is 9.59 Å². The highest BCUT2D eigenvalue weighted by Crippen LogP contribution is 2.36. The van der Waals surface area contributed by atoms with Crippen LogP contribution in [0.3, 0.4) is 0 Å². The number of carbonyl (C=O) groups is 2. The molecular weight excluding hydrogens is 340 g/mol. The maximum Gasteiger partial charge on any atom is 0.247 e. The Morgan fingerprint density at radius 3 is 2.36 bits per heavy atom. The van der Waals surface area contributed by atoms with E-state index in [1.54, 1.807) is 12.0 Å². The van der Waals surface area contributed by atoms with Gasteiger partial charge in [-0.1, -0.05) is 25.0 Å². The van der Waals surface area contributed by atoms with E-state index in [0.29, 0.717) is 0 Å². The van der Waals surface area contributed by atoms with Crippen LogP contribution in [-0.4, -0.2) is 41.8 Å². The third-order valence-electron chi connectivity index (χ3n) is 5.00. The molecule has 2 aliphatic carbocycles. The van der Waals surface area contributed by atoms with Crippen LogP contribution in [0.5, 0.6) is 5.75 Å². The van der Waals surface area contributed by atoms with Crippen LogP contribution in [0, 0.1) is 0 Å². The Kier molecular flexibility index (Phi) is 5.84. The van der Waals surface area contributed by atoms with E-state index in [9.17, 15) is 9.59 Å². The molecule has 5 nitrogen and oxygen atoms in total. The quantitative estimate of drug-likeness (QED) is 0.756. The Hall–Kier alpha value is -1.75. The fourth-order valence-electron chi connectivity index (χ4n) is 3.55. The third-order valence-corrected chi connectivity index (χ3v) is 5.23. The van der Waals surface area contributed by atoms with Gasteiger partial charge in [-0.15, -0.1) is 11.6 Å². The molecule has 136 valence electrons. The average Bonchev–Trinajstić information content (AvgIpc) is 3.35. The number of nitrogens with one attached hydrogen (secondary N) is 1. The summed E-state index contributed by atoms with van der Waals surface area (Å²) >= 11 is 5.83. The standard InChI is InChI=1S/C19H25ClN2O3/c1-25-16-10-6-13(7-11-16)18(19(24)21-14-4-2-3-5-14)22(15-8-9-15)17(23)12-20/h6-7,10-11,14-15,18H,2-5,8-9,12H2,1H3,(H,21,24)/t18-/m1/s1. The van der Waals surface area contributed by atoms with Crippen molar-refractivity contribution < 1.29 is 14.3 Å². The number of hydrogen-bond donors (Lipinski definition) is 1. The summed E-state index contributed by atoms with van der Waals surface area (Å²) in [5.41, 5.74) is 0.793. The first-order valence-corrected chi connectivity index (χ1v) is 9.49. The van der Waals surface area contributed by atoms with Crippen molar-refractivity contribution in [3.05, 3.63) is 29.8 Å². The lowest BCUT2D eigenvalue weighted by Gasteiger charge is -2.32. The van der Waals surface area contributed by atoms with Crippen molar-refractivity contribution in [2.45, 2.75) is 56.7 Å². The van der Waals surface area contributed by atoms with E-state index < -0.39 is 6.04 Å². The van der Waals surface area contributed by atoms with Crippen molar-refractivity contribution in [2.75, 3.05) is 13.0 Å². The van der Waals surface area contributed by atoms with Gasteiger partial charge in [-0.2, -0.15) is 0 Å². The van der Waals surface area contributed by atoms with Gasteiger partial charge in [0.15, 0.2) is 0 Å². The van der Waals surface area contributed by atoms with Crippen molar-refractivity contribution in [3.63, 3.8) is 0 Å². The van der Waals surface area contributed by atoms with E-state index in [1.807, 2.05) is 24.3 Å². The molecule has 1 atom stereocenters. The van der Waals surface area contributed by atoms with Crippen LogP contribution < -0.4 is 10.1 Å². The number of ether oxygens (including phenoxy) is 1. The molecule has 0 bridgehead atoms. The summed E-state index contributed by atoms with van der Waals surface area (Å²) in [6.07, 6.45) is 6.15. The molecule has 1 aromatic rings. The Balaban J connectivity index is 1.88. The second kappa shape index (κ2) is 8.09. The molecule has 2 aliphatic rings. The SMILES string of the molecule is COc1ccc([C@H](C(=O)NC2CCCC2)N(C(=O)CCl)C2CC2)cc1. The van der Waals surface area contributed by atoms with E-state index in [-0.39, 0.29) is 29.8 Å². The molecule has 2 saturated carbocycles. The first-order chi connectivity index (χ1) is 12.1. The van der Waals surface area contributed by atoms with Crippen LogP contribution in [0.25, 0.3) is 0 Å². The Morgan fingerprint density at radius 1 is 1.20 bits per heavy atom. The van der Waals surface area contributed by atoms with E-state index in [2.05, 4.69) is 5.32 Å². The van der Waals surface area contributed by atoms with Gasteiger partial charge in [-0.25, -0.2) is 0 Å². The number of hydrogen-bond acceptors (Lipinski definition) is 3. The van der Waals surface area contributed by atoms with Crippen LogP contribution >= 0.6 is 11.6 Å². The summed E-state index contributed by atoms with van der Waals surface area (Å²) in [5.74, 6) is 0.314. The lowest BCUT2D eigenvalue weighted by atomic mass is 10.0. The fraction of sp³-hybridized carbons (Fsp3) is 0.579. The highest BCUT2D eigenvalue weighted by Gasteiger charge is 2.41. The van der Waals surface area contributed by atoms with Crippen LogP contribution in [0.4, 0.5) is 0 Å². The highest BCUT2D eigenvalue weighted by molar-refractivity contribution is 6.27. The molecule has 6 heteroatoms. The minimum atomic E-state index is -0.634. The monoisotopic (exact) mass is 364 g/mol. The first kappa shape index (κ1) is 18.1. The van der Waals surface area contributed by atoms with Crippen molar-refractivity contribution in [1.29, 1.82) is 0 Å². The molecule has 0 aliphatic heterocycles. The van der Waals surface area contributed by atoms with Gasteiger partial charge >= 0.3 is 0 Å². The lowest BCUT2D eigenvalue weighted by Crippen LogP contribution is -2.47. The van der Waals surface area contributed by atoms with E-state index >= 15 is 0 Å².